The van der Waals surface area contributed by atoms with Gasteiger partial charge in [-0.1, -0.05) is 50.2 Å². The van der Waals surface area contributed by atoms with Gasteiger partial charge in [0.25, 0.3) is 0 Å². The quantitative estimate of drug-likeness (QED) is 0.546. The first-order chi connectivity index (χ1) is 12.7. The summed E-state index contributed by atoms with van der Waals surface area (Å²) in [4.78, 5) is 0. The molecule has 0 unspecified atom stereocenters. The Kier molecular flexibility index (Phi) is 4.50. The standard InChI is InChI=1S/C24H25NO/c1-4-16-12-21(13-17(5-2)22(16)6-3)24-23(15-26-25-24)20-11-10-18-8-7-9-19(18)14-20/h7,9-15H,4-6,8H2,1-3H3. The van der Waals surface area contributed by atoms with Crippen LogP contribution in [0.15, 0.2) is 47.2 Å². The first-order valence-electron chi connectivity index (χ1n) is 9.64. The Morgan fingerprint density at radius 2 is 1.69 bits per heavy atom. The van der Waals surface area contributed by atoms with E-state index in [1.165, 1.54) is 33.4 Å². The third-order valence-electron chi connectivity index (χ3n) is 5.49. The number of nitrogens with zero attached hydrogens (tertiary/aromatic N) is 1. The second-order valence-corrected chi connectivity index (χ2v) is 6.93. The molecule has 0 fully saturated rings. The third-order valence-corrected chi connectivity index (χ3v) is 5.49. The van der Waals surface area contributed by atoms with Crippen LogP contribution in [-0.2, 0) is 25.7 Å². The number of allylic oxidation sites excluding steroid dienone is 1. The van der Waals surface area contributed by atoms with Crippen LogP contribution in [-0.4, -0.2) is 5.16 Å². The molecule has 2 heteroatoms. The highest BCUT2D eigenvalue weighted by Crippen LogP contribution is 2.35. The second kappa shape index (κ2) is 6.95. The van der Waals surface area contributed by atoms with Crippen molar-refractivity contribution in [3.05, 3.63) is 70.5 Å². The van der Waals surface area contributed by atoms with Gasteiger partial charge in [-0.05, 0) is 77.3 Å². The van der Waals surface area contributed by atoms with Crippen LogP contribution < -0.4 is 0 Å². The maximum atomic E-state index is 5.41. The van der Waals surface area contributed by atoms with Gasteiger partial charge >= 0.3 is 0 Å². The lowest BCUT2D eigenvalue weighted by Crippen LogP contribution is -1.99. The molecule has 0 spiro atoms. The minimum absolute atomic E-state index is 0.943. The van der Waals surface area contributed by atoms with Gasteiger partial charge in [-0.3, -0.25) is 0 Å². The molecule has 1 aliphatic rings. The summed E-state index contributed by atoms with van der Waals surface area (Å²) >= 11 is 0. The molecule has 4 rings (SSSR count). The summed E-state index contributed by atoms with van der Waals surface area (Å²) in [6.45, 7) is 6.70. The lowest BCUT2D eigenvalue weighted by Gasteiger charge is -2.14. The minimum Gasteiger partial charge on any atom is -0.363 e. The number of aryl methyl sites for hydroxylation is 2. The predicted molar refractivity (Wildman–Crippen MR) is 108 cm³/mol. The van der Waals surface area contributed by atoms with Crippen LogP contribution in [0.3, 0.4) is 0 Å². The number of fused-ring (bicyclic) bond motifs is 1. The van der Waals surface area contributed by atoms with E-state index in [9.17, 15) is 0 Å². The van der Waals surface area contributed by atoms with Crippen LogP contribution >= 0.6 is 0 Å². The molecular weight excluding hydrogens is 318 g/mol. The lowest BCUT2D eigenvalue weighted by molar-refractivity contribution is 0.422. The zero-order valence-corrected chi connectivity index (χ0v) is 15.8. The molecular formula is C24H25NO. The van der Waals surface area contributed by atoms with Crippen molar-refractivity contribution < 1.29 is 4.52 Å². The average molecular weight is 343 g/mol. The van der Waals surface area contributed by atoms with Gasteiger partial charge in [0.15, 0.2) is 0 Å². The van der Waals surface area contributed by atoms with Gasteiger partial charge < -0.3 is 4.52 Å². The van der Waals surface area contributed by atoms with Crippen molar-refractivity contribution in [2.75, 3.05) is 0 Å². The molecule has 1 heterocycles. The van der Waals surface area contributed by atoms with Gasteiger partial charge in [-0.15, -0.1) is 0 Å². The summed E-state index contributed by atoms with van der Waals surface area (Å²) in [6, 6.07) is 11.2. The summed E-state index contributed by atoms with van der Waals surface area (Å²) < 4.78 is 5.41. The molecule has 0 radical (unpaired) electrons. The minimum atomic E-state index is 0.943. The van der Waals surface area contributed by atoms with Crippen LogP contribution in [0.4, 0.5) is 0 Å². The van der Waals surface area contributed by atoms with Crippen LogP contribution in [0.2, 0.25) is 0 Å². The maximum Gasteiger partial charge on any atom is 0.132 e. The largest absolute Gasteiger partial charge is 0.363 e. The van der Waals surface area contributed by atoms with Crippen LogP contribution in [0, 0.1) is 0 Å². The molecule has 0 saturated heterocycles. The molecule has 132 valence electrons. The number of hydrogen-bond acceptors (Lipinski definition) is 2. The van der Waals surface area contributed by atoms with Crippen molar-refractivity contribution in [3.63, 3.8) is 0 Å². The summed E-state index contributed by atoms with van der Waals surface area (Å²) in [5, 5.41) is 4.37. The highest BCUT2D eigenvalue weighted by atomic mass is 16.5. The van der Waals surface area contributed by atoms with Gasteiger partial charge in [0, 0.05) is 11.1 Å². The first kappa shape index (κ1) is 16.8. The van der Waals surface area contributed by atoms with E-state index in [0.717, 1.165) is 42.5 Å². The van der Waals surface area contributed by atoms with Gasteiger partial charge in [0.2, 0.25) is 0 Å². The van der Waals surface area contributed by atoms with Crippen molar-refractivity contribution in [2.24, 2.45) is 0 Å². The molecule has 0 atom stereocenters. The van der Waals surface area contributed by atoms with Crippen LogP contribution in [0.25, 0.3) is 28.5 Å². The molecule has 2 nitrogen and oxygen atoms in total. The van der Waals surface area contributed by atoms with Crippen molar-refractivity contribution in [3.8, 4) is 22.4 Å². The van der Waals surface area contributed by atoms with Gasteiger partial charge in [-0.2, -0.15) is 0 Å². The Bertz CT molecular complexity index is 953. The van der Waals surface area contributed by atoms with Gasteiger partial charge in [-0.25, -0.2) is 0 Å². The Morgan fingerprint density at radius 3 is 2.38 bits per heavy atom. The van der Waals surface area contributed by atoms with Gasteiger partial charge in [0.05, 0.1) is 0 Å². The summed E-state index contributed by atoms with van der Waals surface area (Å²) in [5.74, 6) is 0. The van der Waals surface area contributed by atoms with E-state index in [0.29, 0.717) is 0 Å². The number of aromatic nitrogens is 1. The van der Waals surface area contributed by atoms with Crippen LogP contribution in [0.5, 0.6) is 0 Å². The fourth-order valence-corrected chi connectivity index (χ4v) is 4.09. The fourth-order valence-electron chi connectivity index (χ4n) is 4.09. The lowest BCUT2D eigenvalue weighted by atomic mass is 9.90. The van der Waals surface area contributed by atoms with E-state index in [1.807, 2.05) is 0 Å². The SMILES string of the molecule is CCc1cc(-c2nocc2-c2ccc3c(c2)C=CC3)cc(CC)c1CC. The normalized spacial score (nSPS) is 12.6. The zero-order valence-electron chi connectivity index (χ0n) is 15.8. The number of hydrogen-bond donors (Lipinski definition) is 0. The molecule has 0 amide bonds. The van der Waals surface area contributed by atoms with E-state index in [1.54, 1.807) is 6.26 Å². The molecule has 0 N–H and O–H groups in total. The molecule has 0 aliphatic heterocycles. The van der Waals surface area contributed by atoms with E-state index < -0.39 is 0 Å². The van der Waals surface area contributed by atoms with E-state index >= 15 is 0 Å². The number of benzene rings is 2. The van der Waals surface area contributed by atoms with Crippen LogP contribution in [0.1, 0.15) is 48.6 Å². The highest BCUT2D eigenvalue weighted by Gasteiger charge is 2.17. The number of rotatable bonds is 5. The molecule has 1 aliphatic carbocycles. The van der Waals surface area contributed by atoms with E-state index in [4.69, 9.17) is 4.52 Å². The van der Waals surface area contributed by atoms with Crippen molar-refractivity contribution in [2.45, 2.75) is 46.5 Å². The first-order valence-corrected chi connectivity index (χ1v) is 9.64. The Balaban J connectivity index is 1.84. The molecule has 0 saturated carbocycles. The summed E-state index contributed by atoms with van der Waals surface area (Å²) in [7, 11) is 0. The highest BCUT2D eigenvalue weighted by molar-refractivity contribution is 5.82. The smallest absolute Gasteiger partial charge is 0.132 e. The fraction of sp³-hybridized carbons (Fsp3) is 0.292. The van der Waals surface area contributed by atoms with E-state index in [-0.39, 0.29) is 0 Å². The monoisotopic (exact) mass is 343 g/mol. The Labute approximate surface area is 155 Å². The van der Waals surface area contributed by atoms with Crippen molar-refractivity contribution in [1.82, 2.24) is 5.16 Å². The topological polar surface area (TPSA) is 26.0 Å². The third kappa shape index (κ3) is 2.80. The summed E-state index contributed by atoms with van der Waals surface area (Å²) in [5.41, 5.74) is 11.4. The Hall–Kier alpha value is -2.61. The molecule has 26 heavy (non-hydrogen) atoms. The predicted octanol–water partition coefficient (Wildman–Crippen LogP) is 6.27. The average Bonchev–Trinajstić information content (AvgIpc) is 3.35. The molecule has 1 aromatic heterocycles. The zero-order chi connectivity index (χ0) is 18.1. The Morgan fingerprint density at radius 1 is 0.923 bits per heavy atom. The van der Waals surface area contributed by atoms with Crippen molar-refractivity contribution >= 4 is 6.08 Å². The second-order valence-electron chi connectivity index (χ2n) is 6.93. The molecule has 0 bridgehead atoms. The van der Waals surface area contributed by atoms with E-state index in [2.05, 4.69) is 68.4 Å². The van der Waals surface area contributed by atoms with Crippen molar-refractivity contribution in [1.29, 1.82) is 0 Å². The maximum absolute atomic E-state index is 5.41. The summed E-state index contributed by atoms with van der Waals surface area (Å²) in [6.07, 6.45) is 10.4. The van der Waals surface area contributed by atoms with Gasteiger partial charge in [0.1, 0.15) is 12.0 Å². The molecule has 3 aromatic rings. The molecule has 2 aromatic carbocycles.